The van der Waals surface area contributed by atoms with Crippen LogP contribution in [0.25, 0.3) is 0 Å². The number of ether oxygens (including phenoxy) is 3. The molecule has 0 bridgehead atoms. The van der Waals surface area contributed by atoms with Crippen LogP contribution in [0.1, 0.15) is 25.5 Å². The molecule has 5 nitrogen and oxygen atoms in total. The van der Waals surface area contributed by atoms with E-state index >= 15 is 0 Å². The molecule has 0 spiro atoms. The minimum Gasteiger partial charge on any atom is -0.493 e. The predicted molar refractivity (Wildman–Crippen MR) is 97.6 cm³/mol. The van der Waals surface area contributed by atoms with Crippen molar-refractivity contribution >= 4 is 17.5 Å². The molecule has 2 rings (SSSR count). The molecule has 2 aromatic carbocycles. The third-order valence-electron chi connectivity index (χ3n) is 3.78. The summed E-state index contributed by atoms with van der Waals surface area (Å²) in [6.45, 7) is 3.57. The molecule has 25 heavy (non-hydrogen) atoms. The second kappa shape index (κ2) is 8.62. The van der Waals surface area contributed by atoms with Crippen molar-refractivity contribution in [2.24, 2.45) is 0 Å². The van der Waals surface area contributed by atoms with Crippen molar-refractivity contribution in [1.29, 1.82) is 0 Å². The van der Waals surface area contributed by atoms with Crippen molar-refractivity contribution in [3.8, 4) is 17.2 Å². The number of amides is 1. The number of para-hydroxylation sites is 1. The number of benzene rings is 2. The van der Waals surface area contributed by atoms with E-state index in [0.29, 0.717) is 22.3 Å². The molecule has 0 aromatic heterocycles. The average molecular weight is 364 g/mol. The van der Waals surface area contributed by atoms with Gasteiger partial charge in [-0.25, -0.2) is 0 Å². The van der Waals surface area contributed by atoms with Crippen molar-refractivity contribution < 1.29 is 19.0 Å². The van der Waals surface area contributed by atoms with Gasteiger partial charge in [-0.1, -0.05) is 29.8 Å². The maximum absolute atomic E-state index is 12.4. The molecule has 0 saturated carbocycles. The summed E-state index contributed by atoms with van der Waals surface area (Å²) in [6, 6.07) is 12.4. The lowest BCUT2D eigenvalue weighted by atomic mass is 10.1. The standard InChI is InChI=1S/C19H22ClNO4/c1-12(14-9-10-17(23-3)18(11-14)24-4)21-19(22)13(2)25-16-8-6-5-7-15(16)20/h5-13H,1-4H3,(H,21,22)/t12-,13-/m1/s1. The predicted octanol–water partition coefficient (Wildman–Crippen LogP) is 4.00. The monoisotopic (exact) mass is 363 g/mol. The Morgan fingerprint density at radius 1 is 1.00 bits per heavy atom. The number of hydrogen-bond donors (Lipinski definition) is 1. The first-order valence-electron chi connectivity index (χ1n) is 7.89. The summed E-state index contributed by atoms with van der Waals surface area (Å²) >= 11 is 6.05. The van der Waals surface area contributed by atoms with Crippen molar-refractivity contribution in [3.63, 3.8) is 0 Å². The lowest BCUT2D eigenvalue weighted by Gasteiger charge is -2.20. The number of methoxy groups -OCH3 is 2. The first-order chi connectivity index (χ1) is 12.0. The van der Waals surface area contributed by atoms with Crippen LogP contribution in [0.5, 0.6) is 17.2 Å². The Kier molecular flexibility index (Phi) is 6.53. The summed E-state index contributed by atoms with van der Waals surface area (Å²) in [7, 11) is 3.15. The van der Waals surface area contributed by atoms with Crippen LogP contribution in [0.15, 0.2) is 42.5 Å². The van der Waals surface area contributed by atoms with E-state index in [-0.39, 0.29) is 11.9 Å². The zero-order valence-electron chi connectivity index (χ0n) is 14.7. The van der Waals surface area contributed by atoms with Crippen LogP contribution in [0, 0.1) is 0 Å². The second-order valence-electron chi connectivity index (χ2n) is 5.54. The van der Waals surface area contributed by atoms with Crippen molar-refractivity contribution in [2.45, 2.75) is 26.0 Å². The molecule has 2 aromatic rings. The van der Waals surface area contributed by atoms with E-state index in [1.165, 1.54) is 0 Å². The van der Waals surface area contributed by atoms with Gasteiger partial charge in [0.1, 0.15) is 5.75 Å². The van der Waals surface area contributed by atoms with Gasteiger partial charge in [-0.15, -0.1) is 0 Å². The largest absolute Gasteiger partial charge is 0.493 e. The summed E-state index contributed by atoms with van der Waals surface area (Å²) in [6.07, 6.45) is -0.678. The van der Waals surface area contributed by atoms with Crippen LogP contribution in [0.3, 0.4) is 0 Å². The fraction of sp³-hybridized carbons (Fsp3) is 0.316. The van der Waals surface area contributed by atoms with E-state index in [1.807, 2.05) is 19.1 Å². The second-order valence-corrected chi connectivity index (χ2v) is 5.94. The third-order valence-corrected chi connectivity index (χ3v) is 4.09. The Morgan fingerprint density at radius 2 is 1.68 bits per heavy atom. The molecule has 0 saturated heterocycles. The van der Waals surface area contributed by atoms with Crippen molar-refractivity contribution in [2.75, 3.05) is 14.2 Å². The number of carbonyl (C=O) groups is 1. The van der Waals surface area contributed by atoms with Crippen LogP contribution >= 0.6 is 11.6 Å². The van der Waals surface area contributed by atoms with Gasteiger partial charge in [0.25, 0.3) is 5.91 Å². The highest BCUT2D eigenvalue weighted by Gasteiger charge is 2.19. The molecular formula is C19H22ClNO4. The van der Waals surface area contributed by atoms with Crippen LogP contribution < -0.4 is 19.5 Å². The smallest absolute Gasteiger partial charge is 0.261 e. The average Bonchev–Trinajstić information content (AvgIpc) is 2.62. The molecule has 0 aliphatic rings. The highest BCUT2D eigenvalue weighted by atomic mass is 35.5. The Labute approximate surface area is 152 Å². The van der Waals surface area contributed by atoms with Crippen LogP contribution in [0.2, 0.25) is 5.02 Å². The Hall–Kier alpha value is -2.40. The van der Waals surface area contributed by atoms with Crippen LogP contribution in [-0.2, 0) is 4.79 Å². The van der Waals surface area contributed by atoms with Crippen molar-refractivity contribution in [3.05, 3.63) is 53.1 Å². The van der Waals surface area contributed by atoms with Gasteiger partial charge < -0.3 is 19.5 Å². The van der Waals surface area contributed by atoms with Gasteiger partial charge in [0.15, 0.2) is 17.6 Å². The number of halogens is 1. The topological polar surface area (TPSA) is 56.8 Å². The number of nitrogens with one attached hydrogen (secondary N) is 1. The minimum absolute atomic E-state index is 0.218. The van der Waals surface area contributed by atoms with Gasteiger partial charge >= 0.3 is 0 Å². The molecule has 134 valence electrons. The maximum atomic E-state index is 12.4. The lowest BCUT2D eigenvalue weighted by Crippen LogP contribution is -2.37. The summed E-state index contributed by atoms with van der Waals surface area (Å²) in [5, 5.41) is 3.39. The molecule has 0 unspecified atom stereocenters. The first kappa shape index (κ1) is 18.9. The fourth-order valence-electron chi connectivity index (χ4n) is 2.32. The molecule has 1 amide bonds. The van der Waals surface area contributed by atoms with Gasteiger partial charge in [0.2, 0.25) is 0 Å². The van der Waals surface area contributed by atoms with Gasteiger partial charge in [-0.05, 0) is 43.7 Å². The SMILES string of the molecule is COc1ccc([C@@H](C)NC(=O)[C@@H](C)Oc2ccccc2Cl)cc1OC. The van der Waals surface area contributed by atoms with E-state index in [2.05, 4.69) is 5.32 Å². The fourth-order valence-corrected chi connectivity index (χ4v) is 2.50. The van der Waals surface area contributed by atoms with Gasteiger partial charge in [0.05, 0.1) is 25.3 Å². The molecule has 0 heterocycles. The highest BCUT2D eigenvalue weighted by molar-refractivity contribution is 6.32. The van der Waals surface area contributed by atoms with E-state index in [9.17, 15) is 4.79 Å². The quantitative estimate of drug-likeness (QED) is 0.807. The van der Waals surface area contributed by atoms with Crippen LogP contribution in [0.4, 0.5) is 0 Å². The number of hydrogen-bond acceptors (Lipinski definition) is 4. The Bertz CT molecular complexity index is 735. The van der Waals surface area contributed by atoms with Gasteiger partial charge in [-0.3, -0.25) is 4.79 Å². The highest BCUT2D eigenvalue weighted by Crippen LogP contribution is 2.30. The molecule has 0 aliphatic heterocycles. The Morgan fingerprint density at radius 3 is 2.32 bits per heavy atom. The first-order valence-corrected chi connectivity index (χ1v) is 8.27. The zero-order chi connectivity index (χ0) is 18.4. The van der Waals surface area contributed by atoms with E-state index in [1.54, 1.807) is 51.5 Å². The Balaban J connectivity index is 2.03. The summed E-state index contributed by atoms with van der Waals surface area (Å²) in [5.41, 5.74) is 0.899. The summed E-state index contributed by atoms with van der Waals surface area (Å²) < 4.78 is 16.2. The van der Waals surface area contributed by atoms with Gasteiger partial charge in [-0.2, -0.15) is 0 Å². The normalized spacial score (nSPS) is 12.8. The minimum atomic E-state index is -0.678. The third kappa shape index (κ3) is 4.79. The summed E-state index contributed by atoms with van der Waals surface area (Å²) in [4.78, 5) is 12.4. The number of rotatable bonds is 7. The van der Waals surface area contributed by atoms with Crippen LogP contribution in [-0.4, -0.2) is 26.2 Å². The zero-order valence-corrected chi connectivity index (χ0v) is 15.5. The molecule has 1 N–H and O–H groups in total. The summed E-state index contributed by atoms with van der Waals surface area (Å²) in [5.74, 6) is 1.49. The molecule has 2 atom stereocenters. The lowest BCUT2D eigenvalue weighted by molar-refractivity contribution is -0.127. The van der Waals surface area contributed by atoms with E-state index < -0.39 is 6.10 Å². The van der Waals surface area contributed by atoms with Crippen molar-refractivity contribution in [1.82, 2.24) is 5.32 Å². The van der Waals surface area contributed by atoms with E-state index in [4.69, 9.17) is 25.8 Å². The number of carbonyl (C=O) groups excluding carboxylic acids is 1. The molecule has 6 heteroatoms. The molecule has 0 aliphatic carbocycles. The molecular weight excluding hydrogens is 342 g/mol. The maximum Gasteiger partial charge on any atom is 0.261 e. The van der Waals surface area contributed by atoms with Gasteiger partial charge in [0, 0.05) is 0 Å². The molecule has 0 radical (unpaired) electrons. The molecule has 0 fully saturated rings. The van der Waals surface area contributed by atoms with E-state index in [0.717, 1.165) is 5.56 Å².